The Labute approximate surface area is 153 Å². The van der Waals surface area contributed by atoms with Crippen molar-refractivity contribution in [3.8, 4) is 6.01 Å². The van der Waals surface area contributed by atoms with Crippen molar-refractivity contribution < 1.29 is 4.74 Å². The number of rotatable bonds is 4. The number of aryl methyl sites for hydroxylation is 2. The van der Waals surface area contributed by atoms with Gasteiger partial charge in [-0.15, -0.1) is 0 Å². The molecule has 0 spiro atoms. The number of nitrogens with one attached hydrogen (secondary N) is 1. The van der Waals surface area contributed by atoms with Crippen molar-refractivity contribution >= 4 is 16.6 Å². The van der Waals surface area contributed by atoms with Crippen LogP contribution >= 0.6 is 0 Å². The van der Waals surface area contributed by atoms with Gasteiger partial charge in [0.05, 0.1) is 11.2 Å². The van der Waals surface area contributed by atoms with Gasteiger partial charge in [-0.2, -0.15) is 10.1 Å². The lowest BCUT2D eigenvalue weighted by Crippen LogP contribution is -2.49. The summed E-state index contributed by atoms with van der Waals surface area (Å²) in [5.41, 5.74) is 4.11. The van der Waals surface area contributed by atoms with E-state index in [2.05, 4.69) is 51.3 Å². The molecule has 1 unspecified atom stereocenters. The van der Waals surface area contributed by atoms with Gasteiger partial charge < -0.3 is 15.0 Å². The molecule has 1 N–H and O–H groups in total. The van der Waals surface area contributed by atoms with Crippen molar-refractivity contribution in [2.45, 2.75) is 26.5 Å². The number of ether oxygens (including phenoxy) is 1. The Hall–Kier alpha value is -2.67. The lowest BCUT2D eigenvalue weighted by Gasteiger charge is -2.34. The minimum Gasteiger partial charge on any atom is -0.457 e. The van der Waals surface area contributed by atoms with Gasteiger partial charge in [-0.1, -0.05) is 6.07 Å². The lowest BCUT2D eigenvalue weighted by molar-refractivity contribution is 0.276. The molecule has 136 valence electrons. The number of aromatic nitrogens is 4. The van der Waals surface area contributed by atoms with Crippen molar-refractivity contribution in [3.63, 3.8) is 0 Å². The molecule has 0 amide bonds. The van der Waals surface area contributed by atoms with E-state index in [1.54, 1.807) is 4.68 Å². The molecule has 1 saturated heterocycles. The molecule has 2 aromatic heterocycles. The Morgan fingerprint density at radius 2 is 2.19 bits per heavy atom. The first-order valence-electron chi connectivity index (χ1n) is 8.96. The van der Waals surface area contributed by atoms with E-state index in [0.717, 1.165) is 41.8 Å². The van der Waals surface area contributed by atoms with Crippen LogP contribution in [0, 0.1) is 6.92 Å². The van der Waals surface area contributed by atoms with E-state index >= 15 is 0 Å². The molecule has 3 heterocycles. The average Bonchev–Trinajstić information content (AvgIpc) is 3.06. The lowest BCUT2D eigenvalue weighted by atomic mass is 10.1. The van der Waals surface area contributed by atoms with Crippen molar-refractivity contribution in [2.24, 2.45) is 7.05 Å². The van der Waals surface area contributed by atoms with Crippen molar-refractivity contribution in [1.29, 1.82) is 0 Å². The van der Waals surface area contributed by atoms with Crippen LogP contribution in [0.25, 0.3) is 10.9 Å². The summed E-state index contributed by atoms with van der Waals surface area (Å²) in [7, 11) is 1.89. The van der Waals surface area contributed by atoms with Gasteiger partial charge in [0.15, 0.2) is 0 Å². The zero-order chi connectivity index (χ0) is 18.1. The van der Waals surface area contributed by atoms with E-state index in [4.69, 9.17) is 4.74 Å². The Morgan fingerprint density at radius 3 is 2.96 bits per heavy atom. The molecule has 1 fully saturated rings. The number of hydrogen-bond acceptors (Lipinski definition) is 6. The molecule has 26 heavy (non-hydrogen) atoms. The van der Waals surface area contributed by atoms with Gasteiger partial charge in [-0.25, -0.2) is 4.98 Å². The standard InChI is InChI=1S/C19H24N6O/c1-13-4-5-17(25-9-7-20-14(2)11-25)16-10-21-19(22-18(13)16)26-12-15-6-8-24(3)23-15/h4-6,8,10,14,20H,7,9,11-12H2,1-3H3. The summed E-state index contributed by atoms with van der Waals surface area (Å²) in [4.78, 5) is 11.5. The first kappa shape index (κ1) is 16.8. The maximum atomic E-state index is 5.75. The molecule has 4 rings (SSSR count). The quantitative estimate of drug-likeness (QED) is 0.775. The zero-order valence-corrected chi connectivity index (χ0v) is 15.4. The van der Waals surface area contributed by atoms with Gasteiger partial charge in [-0.05, 0) is 31.5 Å². The molecule has 3 aromatic rings. The second kappa shape index (κ2) is 6.92. The first-order valence-corrected chi connectivity index (χ1v) is 8.96. The van der Waals surface area contributed by atoms with Crippen LogP contribution in [0.5, 0.6) is 6.01 Å². The van der Waals surface area contributed by atoms with E-state index in [-0.39, 0.29) is 0 Å². The molecular formula is C19H24N6O. The summed E-state index contributed by atoms with van der Waals surface area (Å²) in [5, 5.41) is 8.87. The third-order valence-electron chi connectivity index (χ3n) is 4.73. The Kier molecular flexibility index (Phi) is 4.46. The van der Waals surface area contributed by atoms with Crippen LogP contribution in [-0.2, 0) is 13.7 Å². The number of piperazine rings is 1. The van der Waals surface area contributed by atoms with Gasteiger partial charge in [0, 0.05) is 56.2 Å². The maximum Gasteiger partial charge on any atom is 0.317 e. The smallest absolute Gasteiger partial charge is 0.317 e. The van der Waals surface area contributed by atoms with E-state index in [0.29, 0.717) is 18.7 Å². The number of nitrogens with zero attached hydrogens (tertiary/aromatic N) is 5. The third kappa shape index (κ3) is 3.35. The van der Waals surface area contributed by atoms with Crippen LogP contribution in [0.1, 0.15) is 18.2 Å². The van der Waals surface area contributed by atoms with Crippen LogP contribution in [0.15, 0.2) is 30.6 Å². The number of anilines is 1. The highest BCUT2D eigenvalue weighted by Gasteiger charge is 2.19. The minimum atomic E-state index is 0.362. The average molecular weight is 352 g/mol. The zero-order valence-electron chi connectivity index (χ0n) is 15.4. The molecule has 1 aliphatic rings. The molecular weight excluding hydrogens is 328 g/mol. The van der Waals surface area contributed by atoms with Gasteiger partial charge in [0.1, 0.15) is 6.61 Å². The van der Waals surface area contributed by atoms with Gasteiger partial charge >= 0.3 is 6.01 Å². The second-order valence-corrected chi connectivity index (χ2v) is 6.89. The minimum absolute atomic E-state index is 0.362. The van der Waals surface area contributed by atoms with Crippen LogP contribution in [-0.4, -0.2) is 45.4 Å². The van der Waals surface area contributed by atoms with Crippen LogP contribution < -0.4 is 15.0 Å². The Bertz CT molecular complexity index is 922. The first-order chi connectivity index (χ1) is 12.6. The predicted molar refractivity (Wildman–Crippen MR) is 101 cm³/mol. The van der Waals surface area contributed by atoms with Crippen molar-refractivity contribution in [2.75, 3.05) is 24.5 Å². The van der Waals surface area contributed by atoms with Crippen LogP contribution in [0.2, 0.25) is 0 Å². The van der Waals surface area contributed by atoms with E-state index in [9.17, 15) is 0 Å². The van der Waals surface area contributed by atoms with Crippen LogP contribution in [0.4, 0.5) is 5.69 Å². The van der Waals surface area contributed by atoms with Gasteiger partial charge in [-0.3, -0.25) is 4.68 Å². The second-order valence-electron chi connectivity index (χ2n) is 6.89. The number of benzene rings is 1. The molecule has 0 bridgehead atoms. The fourth-order valence-electron chi connectivity index (χ4n) is 3.40. The predicted octanol–water partition coefficient (Wildman–Crippen LogP) is 2.05. The summed E-state index contributed by atoms with van der Waals surface area (Å²) in [6, 6.07) is 7.09. The van der Waals surface area contributed by atoms with E-state index in [1.807, 2.05) is 25.5 Å². The summed E-state index contributed by atoms with van der Waals surface area (Å²) in [5.74, 6) is 0. The molecule has 1 atom stereocenters. The van der Waals surface area contributed by atoms with Crippen LogP contribution in [0.3, 0.4) is 0 Å². The highest BCUT2D eigenvalue weighted by Crippen LogP contribution is 2.29. The maximum absolute atomic E-state index is 5.75. The molecule has 1 aromatic carbocycles. The molecule has 1 aliphatic heterocycles. The topological polar surface area (TPSA) is 68.1 Å². The molecule has 7 nitrogen and oxygen atoms in total. The number of hydrogen-bond donors (Lipinski definition) is 1. The molecule has 0 radical (unpaired) electrons. The van der Waals surface area contributed by atoms with E-state index in [1.165, 1.54) is 5.69 Å². The fraction of sp³-hybridized carbons (Fsp3) is 0.421. The summed E-state index contributed by atoms with van der Waals surface area (Å²) in [6.07, 6.45) is 3.77. The number of fused-ring (bicyclic) bond motifs is 1. The summed E-state index contributed by atoms with van der Waals surface area (Å²) >= 11 is 0. The highest BCUT2D eigenvalue weighted by molar-refractivity contribution is 5.93. The van der Waals surface area contributed by atoms with Crippen molar-refractivity contribution in [1.82, 2.24) is 25.1 Å². The Balaban J connectivity index is 1.62. The largest absolute Gasteiger partial charge is 0.457 e. The van der Waals surface area contributed by atoms with E-state index < -0.39 is 0 Å². The molecule has 0 aliphatic carbocycles. The van der Waals surface area contributed by atoms with Gasteiger partial charge in [0.2, 0.25) is 0 Å². The van der Waals surface area contributed by atoms with Gasteiger partial charge in [0.25, 0.3) is 0 Å². The third-order valence-corrected chi connectivity index (χ3v) is 4.73. The summed E-state index contributed by atoms with van der Waals surface area (Å²) in [6.45, 7) is 7.60. The highest BCUT2D eigenvalue weighted by atomic mass is 16.5. The fourth-order valence-corrected chi connectivity index (χ4v) is 3.40. The van der Waals surface area contributed by atoms with Crippen molar-refractivity contribution in [3.05, 3.63) is 41.9 Å². The molecule has 0 saturated carbocycles. The summed E-state index contributed by atoms with van der Waals surface area (Å²) < 4.78 is 7.50. The SMILES string of the molecule is Cc1ccc(N2CCNC(C)C2)c2cnc(OCc3ccn(C)n3)nc12. The normalized spacial score (nSPS) is 17.7. The Morgan fingerprint density at radius 1 is 1.31 bits per heavy atom. The monoisotopic (exact) mass is 352 g/mol. The molecule has 7 heteroatoms.